The number of hydrogen-bond donors (Lipinski definition) is 0. The van der Waals surface area contributed by atoms with E-state index < -0.39 is 0 Å². The van der Waals surface area contributed by atoms with E-state index in [1.165, 1.54) is 58.8 Å². The Balaban J connectivity index is 0.843. The molecule has 10 aromatic carbocycles. The number of aromatic nitrogens is 1. The number of para-hydroxylation sites is 1. The molecule has 0 amide bonds. The Morgan fingerprint density at radius 3 is 1.58 bits per heavy atom. The molecule has 0 fully saturated rings. The third kappa shape index (κ3) is 7.81. The molecule has 0 radical (unpaired) electrons. The summed E-state index contributed by atoms with van der Waals surface area (Å²) in [7, 11) is 0. The molecular formula is C65H46N2OS. The van der Waals surface area contributed by atoms with E-state index in [4.69, 9.17) is 0 Å². The van der Waals surface area contributed by atoms with Crippen molar-refractivity contribution in [2.75, 3.05) is 4.90 Å². The summed E-state index contributed by atoms with van der Waals surface area (Å²) in [4.78, 5) is 14.7. The van der Waals surface area contributed by atoms with Gasteiger partial charge in [-0.25, -0.2) is 0 Å². The van der Waals surface area contributed by atoms with Crippen molar-refractivity contribution in [3.63, 3.8) is 0 Å². The normalized spacial score (nSPS) is 11.4. The predicted molar refractivity (Wildman–Crippen MR) is 294 cm³/mol. The molecule has 0 aliphatic rings. The Morgan fingerprint density at radius 2 is 0.942 bits per heavy atom. The molecule has 0 saturated carbocycles. The van der Waals surface area contributed by atoms with Gasteiger partial charge in [-0.15, -0.1) is 11.3 Å². The van der Waals surface area contributed by atoms with Crippen LogP contribution >= 0.6 is 11.3 Å². The molecule has 69 heavy (non-hydrogen) atoms. The largest absolute Gasteiger partial charge is 0.311 e. The first-order valence-electron chi connectivity index (χ1n) is 23.4. The number of anilines is 3. The average molecular weight is 903 g/mol. The lowest BCUT2D eigenvalue weighted by molar-refractivity contribution is -0.114. The zero-order valence-corrected chi connectivity index (χ0v) is 39.0. The van der Waals surface area contributed by atoms with Gasteiger partial charge < -0.3 is 9.47 Å². The highest BCUT2D eigenvalue weighted by Crippen LogP contribution is 2.42. The minimum Gasteiger partial charge on any atom is -0.311 e. The second-order valence-electron chi connectivity index (χ2n) is 17.8. The van der Waals surface area contributed by atoms with E-state index in [1.807, 2.05) is 23.5 Å². The van der Waals surface area contributed by atoms with Crippen molar-refractivity contribution in [2.45, 2.75) is 13.3 Å². The lowest BCUT2D eigenvalue weighted by Crippen LogP contribution is -2.09. The molecule has 4 heteroatoms. The molecule has 0 unspecified atom stereocenters. The summed E-state index contributed by atoms with van der Waals surface area (Å²) in [6.07, 6.45) is 0.363. The summed E-state index contributed by atoms with van der Waals surface area (Å²) in [6.45, 7) is 5.59. The standard InChI is InChI=1S/C65H46N2OS/c1-43(2)63(68)41-44-19-32-55(33-20-44)67-61-17-8-6-13-57(61)60-42-51(31-40-62(60)67)49-23-21-46(22-24-49)48-27-36-53(37-28-48)66(52-34-25-47(26-35-52)45-11-4-3-5-12-45)54-38-29-50(30-39-54)56-15-10-16-59-58-14-7-9-18-64(58)69-65(56)59/h3-40,42H,1,41H2,2H3. The van der Waals surface area contributed by atoms with Crippen LogP contribution in [0.3, 0.4) is 0 Å². The van der Waals surface area contributed by atoms with Crippen molar-refractivity contribution in [1.29, 1.82) is 0 Å². The lowest BCUT2D eigenvalue weighted by Gasteiger charge is -2.26. The van der Waals surface area contributed by atoms with Gasteiger partial charge in [-0.1, -0.05) is 170 Å². The summed E-state index contributed by atoms with van der Waals surface area (Å²) < 4.78 is 4.95. The molecule has 12 aromatic rings. The van der Waals surface area contributed by atoms with Crippen LogP contribution in [0.25, 0.3) is 92.2 Å². The molecule has 12 rings (SSSR count). The van der Waals surface area contributed by atoms with Crippen molar-refractivity contribution in [1.82, 2.24) is 4.57 Å². The zero-order chi connectivity index (χ0) is 46.4. The van der Waals surface area contributed by atoms with Gasteiger partial charge in [-0.3, -0.25) is 4.79 Å². The highest BCUT2D eigenvalue weighted by molar-refractivity contribution is 7.26. The first kappa shape index (κ1) is 41.8. The second-order valence-corrected chi connectivity index (χ2v) is 18.9. The average Bonchev–Trinajstić information content (AvgIpc) is 3.96. The number of allylic oxidation sites excluding steroid dienone is 1. The fourth-order valence-corrected chi connectivity index (χ4v) is 11.1. The SMILES string of the molecule is C=C(C)C(=O)Cc1ccc(-n2c3ccccc3c3cc(-c4ccc(-c5ccc(N(c6ccc(-c7ccccc7)cc6)c6ccc(-c7cccc8c7sc7ccccc78)cc6)cc5)cc4)ccc32)cc1. The summed E-state index contributed by atoms with van der Waals surface area (Å²) in [5.74, 6) is 0.0671. The van der Waals surface area contributed by atoms with Crippen molar-refractivity contribution >= 4 is 76.2 Å². The maximum atomic E-state index is 12.4. The number of rotatable bonds is 11. The Hall–Kier alpha value is -8.57. The number of hydrogen-bond acceptors (Lipinski definition) is 3. The maximum absolute atomic E-state index is 12.4. The number of Topliss-reactive ketones (excluding diaryl/α,β-unsaturated/α-hetero) is 1. The van der Waals surface area contributed by atoms with Crippen LogP contribution in [0.1, 0.15) is 12.5 Å². The molecule has 0 spiro atoms. The van der Waals surface area contributed by atoms with E-state index in [2.05, 4.69) is 241 Å². The Kier molecular flexibility index (Phi) is 10.7. The first-order valence-corrected chi connectivity index (χ1v) is 24.2. The van der Waals surface area contributed by atoms with Gasteiger partial charge in [0, 0.05) is 60.1 Å². The van der Waals surface area contributed by atoms with Gasteiger partial charge in [0.1, 0.15) is 0 Å². The van der Waals surface area contributed by atoms with Crippen LogP contribution in [0.15, 0.2) is 249 Å². The fraction of sp³-hybridized carbons (Fsp3) is 0.0308. The smallest absolute Gasteiger partial charge is 0.162 e. The molecule has 2 aromatic heterocycles. The molecule has 0 aliphatic heterocycles. The zero-order valence-electron chi connectivity index (χ0n) is 38.1. The van der Waals surface area contributed by atoms with Crippen molar-refractivity contribution in [3.8, 4) is 50.2 Å². The van der Waals surface area contributed by atoms with Crippen molar-refractivity contribution < 1.29 is 4.79 Å². The Bertz CT molecular complexity index is 3860. The van der Waals surface area contributed by atoms with Gasteiger partial charge in [0.25, 0.3) is 0 Å². The van der Waals surface area contributed by atoms with E-state index in [1.54, 1.807) is 6.92 Å². The molecular weight excluding hydrogens is 857 g/mol. The monoisotopic (exact) mass is 902 g/mol. The minimum absolute atomic E-state index is 0.0671. The summed E-state index contributed by atoms with van der Waals surface area (Å²) in [5.41, 5.74) is 17.7. The molecule has 2 heterocycles. The number of nitrogens with zero attached hydrogens (tertiary/aromatic N) is 2. The highest BCUT2D eigenvalue weighted by atomic mass is 32.1. The van der Waals surface area contributed by atoms with Gasteiger partial charge in [0.2, 0.25) is 0 Å². The molecule has 0 N–H and O–H groups in total. The second kappa shape index (κ2) is 17.6. The molecule has 0 saturated heterocycles. The van der Waals surface area contributed by atoms with Crippen LogP contribution in [0.5, 0.6) is 0 Å². The number of fused-ring (bicyclic) bond motifs is 6. The Labute approximate surface area is 406 Å². The number of carbonyl (C=O) groups is 1. The summed E-state index contributed by atoms with van der Waals surface area (Å²) in [5, 5.41) is 5.03. The molecule has 0 aliphatic carbocycles. The van der Waals surface area contributed by atoms with Crippen LogP contribution < -0.4 is 4.90 Å². The molecule has 0 bridgehead atoms. The van der Waals surface area contributed by atoms with Crippen LogP contribution in [-0.2, 0) is 11.2 Å². The number of ketones is 1. The van der Waals surface area contributed by atoms with Crippen LogP contribution in [0.4, 0.5) is 17.1 Å². The molecule has 0 atom stereocenters. The van der Waals surface area contributed by atoms with Gasteiger partial charge in [-0.05, 0) is 135 Å². The maximum Gasteiger partial charge on any atom is 0.162 e. The fourth-order valence-electron chi connectivity index (χ4n) is 9.83. The van der Waals surface area contributed by atoms with Gasteiger partial charge in [0.05, 0.1) is 11.0 Å². The lowest BCUT2D eigenvalue weighted by atomic mass is 9.98. The van der Waals surface area contributed by atoms with Gasteiger partial charge in [0.15, 0.2) is 5.78 Å². The summed E-state index contributed by atoms with van der Waals surface area (Å²) >= 11 is 1.87. The van der Waals surface area contributed by atoms with E-state index >= 15 is 0 Å². The van der Waals surface area contributed by atoms with E-state index in [-0.39, 0.29) is 5.78 Å². The van der Waals surface area contributed by atoms with Crippen LogP contribution in [0.2, 0.25) is 0 Å². The third-order valence-corrected chi connectivity index (χ3v) is 14.7. The number of carbonyl (C=O) groups excluding carboxylic acids is 1. The molecule has 328 valence electrons. The minimum atomic E-state index is 0.0671. The summed E-state index contributed by atoms with van der Waals surface area (Å²) in [6, 6.07) is 85.4. The quantitative estimate of drug-likeness (QED) is 0.121. The van der Waals surface area contributed by atoms with E-state index in [0.717, 1.165) is 56.0 Å². The van der Waals surface area contributed by atoms with Gasteiger partial charge >= 0.3 is 0 Å². The van der Waals surface area contributed by atoms with Gasteiger partial charge in [-0.2, -0.15) is 0 Å². The third-order valence-electron chi connectivity index (χ3n) is 13.5. The van der Waals surface area contributed by atoms with Crippen LogP contribution in [-0.4, -0.2) is 10.4 Å². The highest BCUT2D eigenvalue weighted by Gasteiger charge is 2.17. The molecule has 3 nitrogen and oxygen atoms in total. The van der Waals surface area contributed by atoms with Crippen molar-refractivity contribution in [2.24, 2.45) is 0 Å². The van der Waals surface area contributed by atoms with E-state index in [0.29, 0.717) is 12.0 Å². The van der Waals surface area contributed by atoms with Crippen LogP contribution in [0, 0.1) is 0 Å². The number of benzene rings is 10. The topological polar surface area (TPSA) is 25.2 Å². The first-order chi connectivity index (χ1) is 33.9. The Morgan fingerprint density at radius 1 is 0.449 bits per heavy atom. The predicted octanol–water partition coefficient (Wildman–Crippen LogP) is 18.0. The van der Waals surface area contributed by atoms with E-state index in [9.17, 15) is 4.79 Å². The number of thiophene rings is 1. The van der Waals surface area contributed by atoms with Crippen molar-refractivity contribution in [3.05, 3.63) is 254 Å².